The topological polar surface area (TPSA) is 79.4 Å². The number of aromatic nitrogens is 2. The summed E-state index contributed by atoms with van der Waals surface area (Å²) in [5.41, 5.74) is 8.28. The molecule has 2 aromatic carbocycles. The predicted molar refractivity (Wildman–Crippen MR) is 92.5 cm³/mol. The second-order valence-corrected chi connectivity index (χ2v) is 6.07. The number of carbonyl (C=O) groups is 1. The van der Waals surface area contributed by atoms with Crippen LogP contribution < -0.4 is 15.2 Å². The fourth-order valence-electron chi connectivity index (χ4n) is 2.72. The molecule has 1 aromatic heterocycles. The molecule has 0 fully saturated rings. The van der Waals surface area contributed by atoms with Crippen LogP contribution in [0, 0.1) is 0 Å². The standard InChI is InChI=1S/C18H14ClN3O3/c19-12-3-1-11(2-4-12)7-13-8-15(18(20)23)22(21-13)14-5-6-16-17(9-14)25-10-24-16/h1-6,8-9H,7,10H2,(H2,20,23). The van der Waals surface area contributed by atoms with E-state index in [1.165, 1.54) is 4.68 Å². The molecule has 3 aromatic rings. The van der Waals surface area contributed by atoms with Crippen LogP contribution in [0.1, 0.15) is 21.7 Å². The Hall–Kier alpha value is -2.99. The molecule has 1 amide bonds. The maximum atomic E-state index is 11.8. The number of halogens is 1. The largest absolute Gasteiger partial charge is 0.454 e. The average molecular weight is 356 g/mol. The number of fused-ring (bicyclic) bond motifs is 1. The third kappa shape index (κ3) is 3.04. The number of primary amides is 1. The summed E-state index contributed by atoms with van der Waals surface area (Å²) in [5.74, 6) is 0.730. The molecule has 0 aliphatic carbocycles. The minimum atomic E-state index is -0.549. The number of ether oxygens (including phenoxy) is 2. The van der Waals surface area contributed by atoms with Crippen molar-refractivity contribution in [2.75, 3.05) is 6.79 Å². The molecule has 2 heterocycles. The zero-order valence-electron chi connectivity index (χ0n) is 13.1. The summed E-state index contributed by atoms with van der Waals surface area (Å²) in [6.07, 6.45) is 0.564. The van der Waals surface area contributed by atoms with Crippen molar-refractivity contribution in [1.29, 1.82) is 0 Å². The molecule has 126 valence electrons. The highest BCUT2D eigenvalue weighted by molar-refractivity contribution is 6.30. The van der Waals surface area contributed by atoms with Gasteiger partial charge in [0.15, 0.2) is 11.5 Å². The predicted octanol–water partition coefficient (Wildman–Crippen LogP) is 2.94. The third-order valence-electron chi connectivity index (χ3n) is 3.91. The number of carbonyl (C=O) groups excluding carboxylic acids is 1. The van der Waals surface area contributed by atoms with Gasteiger partial charge < -0.3 is 15.2 Å². The van der Waals surface area contributed by atoms with Gasteiger partial charge in [0.2, 0.25) is 6.79 Å². The number of hydrogen-bond acceptors (Lipinski definition) is 4. The Labute approximate surface area is 148 Å². The van der Waals surface area contributed by atoms with Crippen molar-refractivity contribution < 1.29 is 14.3 Å². The van der Waals surface area contributed by atoms with Crippen molar-refractivity contribution in [2.24, 2.45) is 5.73 Å². The molecule has 1 aliphatic rings. The Kier molecular flexibility index (Phi) is 3.82. The van der Waals surface area contributed by atoms with Crippen LogP contribution in [-0.4, -0.2) is 22.5 Å². The lowest BCUT2D eigenvalue weighted by atomic mass is 10.1. The molecule has 0 radical (unpaired) electrons. The van der Waals surface area contributed by atoms with Gasteiger partial charge in [0.1, 0.15) is 5.69 Å². The van der Waals surface area contributed by atoms with E-state index in [9.17, 15) is 4.79 Å². The molecular formula is C18H14ClN3O3. The van der Waals surface area contributed by atoms with Crippen LogP contribution in [0.2, 0.25) is 5.02 Å². The van der Waals surface area contributed by atoms with E-state index in [0.717, 1.165) is 11.3 Å². The van der Waals surface area contributed by atoms with Gasteiger partial charge in [0, 0.05) is 17.5 Å². The summed E-state index contributed by atoms with van der Waals surface area (Å²) < 4.78 is 12.2. The number of nitrogens with zero attached hydrogens (tertiary/aromatic N) is 2. The second kappa shape index (κ2) is 6.14. The van der Waals surface area contributed by atoms with Crippen molar-refractivity contribution in [2.45, 2.75) is 6.42 Å². The van der Waals surface area contributed by atoms with Crippen LogP contribution in [0.3, 0.4) is 0 Å². The number of benzene rings is 2. The number of rotatable bonds is 4. The lowest BCUT2D eigenvalue weighted by molar-refractivity contribution is 0.0993. The first-order valence-electron chi connectivity index (χ1n) is 7.63. The van der Waals surface area contributed by atoms with Crippen molar-refractivity contribution in [3.05, 3.63) is 70.5 Å². The maximum Gasteiger partial charge on any atom is 0.267 e. The van der Waals surface area contributed by atoms with Crippen LogP contribution in [0.4, 0.5) is 0 Å². The van der Waals surface area contributed by atoms with Crippen LogP contribution in [0.25, 0.3) is 5.69 Å². The molecule has 0 bridgehead atoms. The third-order valence-corrected chi connectivity index (χ3v) is 4.16. The van der Waals surface area contributed by atoms with Gasteiger partial charge in [0.05, 0.1) is 11.4 Å². The summed E-state index contributed by atoms with van der Waals surface area (Å²) in [5, 5.41) is 5.20. The van der Waals surface area contributed by atoms with E-state index in [0.29, 0.717) is 34.3 Å². The first-order chi connectivity index (χ1) is 12.1. The molecule has 4 rings (SSSR count). The van der Waals surface area contributed by atoms with Gasteiger partial charge in [-0.15, -0.1) is 0 Å². The number of hydrogen-bond donors (Lipinski definition) is 1. The van der Waals surface area contributed by atoms with E-state index in [4.69, 9.17) is 26.8 Å². The minimum Gasteiger partial charge on any atom is -0.454 e. The van der Waals surface area contributed by atoms with Gasteiger partial charge in [0.25, 0.3) is 5.91 Å². The molecule has 2 N–H and O–H groups in total. The van der Waals surface area contributed by atoms with E-state index >= 15 is 0 Å². The molecular weight excluding hydrogens is 342 g/mol. The Morgan fingerprint density at radius 2 is 1.88 bits per heavy atom. The van der Waals surface area contributed by atoms with Gasteiger partial charge in [-0.05, 0) is 35.9 Å². The van der Waals surface area contributed by atoms with E-state index < -0.39 is 5.91 Å². The fourth-order valence-corrected chi connectivity index (χ4v) is 2.84. The SMILES string of the molecule is NC(=O)c1cc(Cc2ccc(Cl)cc2)nn1-c1ccc2c(c1)OCO2. The lowest BCUT2D eigenvalue weighted by Crippen LogP contribution is -2.16. The quantitative estimate of drug-likeness (QED) is 0.780. The van der Waals surface area contributed by atoms with Gasteiger partial charge in [-0.3, -0.25) is 4.79 Å². The van der Waals surface area contributed by atoms with E-state index in [-0.39, 0.29) is 6.79 Å². The van der Waals surface area contributed by atoms with Crippen LogP contribution in [0.5, 0.6) is 11.5 Å². The molecule has 6 nitrogen and oxygen atoms in total. The van der Waals surface area contributed by atoms with E-state index in [1.807, 2.05) is 24.3 Å². The zero-order valence-corrected chi connectivity index (χ0v) is 13.9. The molecule has 0 unspecified atom stereocenters. The Bertz CT molecular complexity index is 951. The van der Waals surface area contributed by atoms with E-state index in [1.54, 1.807) is 24.3 Å². The van der Waals surface area contributed by atoms with Crippen LogP contribution >= 0.6 is 11.6 Å². The van der Waals surface area contributed by atoms with Gasteiger partial charge in [-0.25, -0.2) is 4.68 Å². The summed E-state index contributed by atoms with van der Waals surface area (Å²) in [7, 11) is 0. The minimum absolute atomic E-state index is 0.183. The lowest BCUT2D eigenvalue weighted by Gasteiger charge is -2.06. The van der Waals surface area contributed by atoms with Crippen LogP contribution in [-0.2, 0) is 6.42 Å². The Balaban J connectivity index is 1.71. The van der Waals surface area contributed by atoms with Crippen molar-refractivity contribution >= 4 is 17.5 Å². The first-order valence-corrected chi connectivity index (χ1v) is 8.01. The maximum absolute atomic E-state index is 11.8. The van der Waals surface area contributed by atoms with Gasteiger partial charge in [-0.1, -0.05) is 23.7 Å². The van der Waals surface area contributed by atoms with E-state index in [2.05, 4.69) is 5.10 Å². The summed E-state index contributed by atoms with van der Waals surface area (Å²) in [6, 6.07) is 14.5. The summed E-state index contributed by atoms with van der Waals surface area (Å²) in [6.45, 7) is 0.183. The smallest absolute Gasteiger partial charge is 0.267 e. The Morgan fingerprint density at radius 3 is 2.64 bits per heavy atom. The second-order valence-electron chi connectivity index (χ2n) is 5.64. The monoisotopic (exact) mass is 355 g/mol. The highest BCUT2D eigenvalue weighted by atomic mass is 35.5. The fraction of sp³-hybridized carbons (Fsp3) is 0.111. The number of nitrogens with two attached hydrogens (primary N) is 1. The molecule has 7 heteroatoms. The Morgan fingerprint density at radius 1 is 1.12 bits per heavy atom. The van der Waals surface area contributed by atoms with Gasteiger partial charge >= 0.3 is 0 Å². The van der Waals surface area contributed by atoms with Crippen molar-refractivity contribution in [3.63, 3.8) is 0 Å². The number of amides is 1. The molecule has 1 aliphatic heterocycles. The normalized spacial score (nSPS) is 12.4. The van der Waals surface area contributed by atoms with Crippen molar-refractivity contribution in [3.8, 4) is 17.2 Å². The molecule has 0 saturated carbocycles. The zero-order chi connectivity index (χ0) is 17.4. The molecule has 25 heavy (non-hydrogen) atoms. The van der Waals surface area contributed by atoms with Crippen molar-refractivity contribution in [1.82, 2.24) is 9.78 Å². The summed E-state index contributed by atoms with van der Waals surface area (Å²) in [4.78, 5) is 11.8. The van der Waals surface area contributed by atoms with Gasteiger partial charge in [-0.2, -0.15) is 5.10 Å². The average Bonchev–Trinajstić information content (AvgIpc) is 3.23. The highest BCUT2D eigenvalue weighted by Crippen LogP contribution is 2.34. The highest BCUT2D eigenvalue weighted by Gasteiger charge is 2.18. The molecule has 0 atom stereocenters. The first kappa shape index (κ1) is 15.5. The summed E-state index contributed by atoms with van der Waals surface area (Å²) >= 11 is 5.91. The molecule has 0 saturated heterocycles. The van der Waals surface area contributed by atoms with Crippen LogP contribution in [0.15, 0.2) is 48.5 Å². The molecule has 0 spiro atoms.